The van der Waals surface area contributed by atoms with E-state index in [1.807, 2.05) is 24.3 Å². The lowest BCUT2D eigenvalue weighted by Gasteiger charge is -2.26. The van der Waals surface area contributed by atoms with Crippen LogP contribution in [0, 0.1) is 5.92 Å². The van der Waals surface area contributed by atoms with Crippen LogP contribution in [0.2, 0.25) is 0 Å². The van der Waals surface area contributed by atoms with Gasteiger partial charge in [-0.05, 0) is 37.0 Å². The second kappa shape index (κ2) is 12.9. The topological polar surface area (TPSA) is 85.8 Å². The molecule has 166 valence electrons. The fraction of sp³-hybridized carbons (Fsp3) is 0.609. The van der Waals surface area contributed by atoms with Crippen molar-refractivity contribution in [2.24, 2.45) is 10.9 Å². The van der Waals surface area contributed by atoms with Gasteiger partial charge >= 0.3 is 0 Å². The molecule has 1 fully saturated rings. The van der Waals surface area contributed by atoms with Gasteiger partial charge in [-0.25, -0.2) is 4.99 Å². The van der Waals surface area contributed by atoms with Crippen LogP contribution in [0.5, 0.6) is 0 Å². The number of aliphatic imine (C=N–C) groups is 1. The summed E-state index contributed by atoms with van der Waals surface area (Å²) < 4.78 is 0. The maximum Gasteiger partial charge on any atom is 0.254 e. The molecule has 0 bridgehead atoms. The SMILES string of the molecule is CCCCC(CC)CNC(=NCc1ccc(C(=O)N2CCNC(=O)C2)cc1)NCC. The van der Waals surface area contributed by atoms with Crippen LogP contribution < -0.4 is 16.0 Å². The van der Waals surface area contributed by atoms with E-state index in [1.54, 1.807) is 4.90 Å². The molecule has 0 aromatic heterocycles. The molecule has 2 rings (SSSR count). The average molecular weight is 416 g/mol. The smallest absolute Gasteiger partial charge is 0.254 e. The first-order valence-corrected chi connectivity index (χ1v) is 11.2. The Morgan fingerprint density at radius 1 is 1.20 bits per heavy atom. The first-order chi connectivity index (χ1) is 14.6. The summed E-state index contributed by atoms with van der Waals surface area (Å²) in [5.74, 6) is 1.28. The van der Waals surface area contributed by atoms with Gasteiger partial charge in [-0.2, -0.15) is 0 Å². The minimum atomic E-state index is -0.107. The number of amides is 2. The van der Waals surface area contributed by atoms with E-state index in [4.69, 9.17) is 4.99 Å². The summed E-state index contributed by atoms with van der Waals surface area (Å²) in [6, 6.07) is 7.50. The Balaban J connectivity index is 1.92. The van der Waals surface area contributed by atoms with Crippen LogP contribution in [0.4, 0.5) is 0 Å². The van der Waals surface area contributed by atoms with Crippen LogP contribution in [0.15, 0.2) is 29.3 Å². The molecule has 1 aromatic carbocycles. The van der Waals surface area contributed by atoms with Crippen molar-refractivity contribution >= 4 is 17.8 Å². The van der Waals surface area contributed by atoms with Gasteiger partial charge in [-0.1, -0.05) is 45.2 Å². The number of nitrogens with zero attached hydrogens (tertiary/aromatic N) is 2. The third-order valence-electron chi connectivity index (χ3n) is 5.39. The molecule has 0 radical (unpaired) electrons. The number of hydrogen-bond acceptors (Lipinski definition) is 3. The van der Waals surface area contributed by atoms with Crippen LogP contribution in [0.1, 0.15) is 62.4 Å². The van der Waals surface area contributed by atoms with E-state index in [-0.39, 0.29) is 18.4 Å². The maximum atomic E-state index is 12.6. The summed E-state index contributed by atoms with van der Waals surface area (Å²) in [4.78, 5) is 30.3. The summed E-state index contributed by atoms with van der Waals surface area (Å²) in [6.07, 6.45) is 4.91. The number of piperazine rings is 1. The number of carbonyl (C=O) groups is 2. The predicted molar refractivity (Wildman–Crippen MR) is 121 cm³/mol. The number of nitrogens with one attached hydrogen (secondary N) is 3. The van der Waals surface area contributed by atoms with Gasteiger partial charge in [0.15, 0.2) is 5.96 Å². The Morgan fingerprint density at radius 2 is 1.97 bits per heavy atom. The van der Waals surface area contributed by atoms with E-state index >= 15 is 0 Å². The summed E-state index contributed by atoms with van der Waals surface area (Å²) in [6.45, 7) is 10.0. The molecule has 1 unspecified atom stereocenters. The Morgan fingerprint density at radius 3 is 2.60 bits per heavy atom. The van der Waals surface area contributed by atoms with Crippen molar-refractivity contribution in [1.29, 1.82) is 0 Å². The van der Waals surface area contributed by atoms with E-state index < -0.39 is 0 Å². The van der Waals surface area contributed by atoms with Crippen molar-refractivity contribution in [2.45, 2.75) is 53.0 Å². The second-order valence-corrected chi connectivity index (χ2v) is 7.77. The Bertz CT molecular complexity index is 702. The summed E-state index contributed by atoms with van der Waals surface area (Å²) in [5, 5.41) is 9.51. The van der Waals surface area contributed by atoms with E-state index in [0.717, 1.165) is 24.6 Å². The molecule has 1 heterocycles. The average Bonchev–Trinajstić information content (AvgIpc) is 2.77. The Kier molecular flexibility index (Phi) is 10.2. The number of unbranched alkanes of at least 4 members (excludes halogenated alkanes) is 1. The zero-order valence-electron chi connectivity index (χ0n) is 18.7. The number of guanidine groups is 1. The van der Waals surface area contributed by atoms with Crippen LogP contribution in [0.3, 0.4) is 0 Å². The number of hydrogen-bond donors (Lipinski definition) is 3. The second-order valence-electron chi connectivity index (χ2n) is 7.77. The lowest BCUT2D eigenvalue weighted by molar-refractivity contribution is -0.123. The number of carbonyl (C=O) groups excluding carboxylic acids is 2. The molecule has 1 aliphatic rings. The van der Waals surface area contributed by atoms with E-state index in [1.165, 1.54) is 25.7 Å². The first-order valence-electron chi connectivity index (χ1n) is 11.2. The van der Waals surface area contributed by atoms with Crippen molar-refractivity contribution in [3.8, 4) is 0 Å². The molecule has 7 nitrogen and oxygen atoms in total. The first kappa shape index (κ1) is 23.7. The van der Waals surface area contributed by atoms with Crippen LogP contribution >= 0.6 is 0 Å². The highest BCUT2D eigenvalue weighted by atomic mass is 16.2. The van der Waals surface area contributed by atoms with Crippen LogP contribution in [0.25, 0.3) is 0 Å². The van der Waals surface area contributed by atoms with Crippen molar-refractivity contribution in [3.05, 3.63) is 35.4 Å². The minimum Gasteiger partial charge on any atom is -0.357 e. The van der Waals surface area contributed by atoms with Gasteiger partial charge in [-0.15, -0.1) is 0 Å². The van der Waals surface area contributed by atoms with Crippen molar-refractivity contribution in [1.82, 2.24) is 20.9 Å². The number of rotatable bonds is 10. The molecule has 1 aromatic rings. The summed E-state index contributed by atoms with van der Waals surface area (Å²) in [7, 11) is 0. The molecular formula is C23H37N5O2. The van der Waals surface area contributed by atoms with Gasteiger partial charge in [0.1, 0.15) is 0 Å². The lowest BCUT2D eigenvalue weighted by atomic mass is 9.99. The Labute approximate surface area is 180 Å². The van der Waals surface area contributed by atoms with Gasteiger partial charge in [-0.3, -0.25) is 9.59 Å². The molecule has 1 atom stereocenters. The molecule has 2 amide bonds. The number of benzene rings is 1. The monoisotopic (exact) mass is 415 g/mol. The highest BCUT2D eigenvalue weighted by molar-refractivity contribution is 5.97. The van der Waals surface area contributed by atoms with Crippen molar-refractivity contribution in [2.75, 3.05) is 32.7 Å². The largest absolute Gasteiger partial charge is 0.357 e. The quantitative estimate of drug-likeness (QED) is 0.405. The Hall–Kier alpha value is -2.57. The van der Waals surface area contributed by atoms with E-state index in [0.29, 0.717) is 31.1 Å². The maximum absolute atomic E-state index is 12.6. The molecule has 1 aliphatic heterocycles. The molecule has 7 heteroatoms. The van der Waals surface area contributed by atoms with Gasteiger partial charge in [0, 0.05) is 31.7 Å². The lowest BCUT2D eigenvalue weighted by Crippen LogP contribution is -2.49. The fourth-order valence-corrected chi connectivity index (χ4v) is 3.44. The van der Waals surface area contributed by atoms with Gasteiger partial charge in [0.2, 0.25) is 5.91 Å². The standard InChI is InChI=1S/C23H37N5O2/c1-4-7-8-18(5-2)15-26-23(24-6-3)27-16-19-9-11-20(12-10-19)22(30)28-14-13-25-21(29)17-28/h9-12,18H,4-8,13-17H2,1-3H3,(H,25,29)(H2,24,26,27). The third-order valence-corrected chi connectivity index (χ3v) is 5.39. The van der Waals surface area contributed by atoms with Gasteiger partial charge < -0.3 is 20.9 Å². The predicted octanol–water partition coefficient (Wildman–Crippen LogP) is 2.53. The van der Waals surface area contributed by atoms with Gasteiger partial charge in [0.25, 0.3) is 5.91 Å². The molecule has 0 aliphatic carbocycles. The normalized spacial score (nSPS) is 15.5. The molecule has 0 saturated carbocycles. The van der Waals surface area contributed by atoms with Crippen LogP contribution in [-0.2, 0) is 11.3 Å². The van der Waals surface area contributed by atoms with E-state index in [2.05, 4.69) is 36.7 Å². The van der Waals surface area contributed by atoms with Crippen molar-refractivity contribution in [3.63, 3.8) is 0 Å². The summed E-state index contributed by atoms with van der Waals surface area (Å²) in [5.41, 5.74) is 1.64. The molecule has 0 spiro atoms. The zero-order valence-corrected chi connectivity index (χ0v) is 18.7. The van der Waals surface area contributed by atoms with Crippen molar-refractivity contribution < 1.29 is 9.59 Å². The zero-order chi connectivity index (χ0) is 21.8. The molecule has 30 heavy (non-hydrogen) atoms. The fourth-order valence-electron chi connectivity index (χ4n) is 3.44. The molecular weight excluding hydrogens is 378 g/mol. The third kappa shape index (κ3) is 7.69. The minimum absolute atomic E-state index is 0.104. The molecule has 1 saturated heterocycles. The highest BCUT2D eigenvalue weighted by Gasteiger charge is 2.22. The summed E-state index contributed by atoms with van der Waals surface area (Å²) >= 11 is 0. The molecule has 3 N–H and O–H groups in total. The highest BCUT2D eigenvalue weighted by Crippen LogP contribution is 2.12. The van der Waals surface area contributed by atoms with E-state index in [9.17, 15) is 9.59 Å². The van der Waals surface area contributed by atoms with Gasteiger partial charge in [0.05, 0.1) is 13.1 Å². The van der Waals surface area contributed by atoms with Crippen LogP contribution in [-0.4, -0.2) is 55.4 Å².